The number of aliphatic carboxylic acids is 1. The van der Waals surface area contributed by atoms with E-state index in [1.54, 1.807) is 41.5 Å². The molecule has 3 amide bonds. The molecule has 2 saturated heterocycles. The highest BCUT2D eigenvalue weighted by Gasteiger charge is 2.55. The smallest absolute Gasteiger partial charge is 0.457 e. The number of amides is 3. The highest BCUT2D eigenvalue weighted by molar-refractivity contribution is 6.45. The Morgan fingerprint density at radius 1 is 0.955 bits per heavy atom. The van der Waals surface area contributed by atoms with E-state index in [2.05, 4.69) is 10.6 Å². The van der Waals surface area contributed by atoms with Crippen LogP contribution in [0.4, 0.5) is 9.59 Å². The molecule has 2 fully saturated rings. The number of unbranched alkanes of at least 4 members (excludes halogenated alkanes) is 1. The number of carbonyl (C=O) groups excluding carboxylic acids is 3. The number of hydrogen-bond donors (Lipinski definition) is 3. The maximum Gasteiger partial charge on any atom is 0.457 e. The Balaban J connectivity index is 2.21. The number of rotatable bonds is 11. The summed E-state index contributed by atoms with van der Waals surface area (Å²) in [5.41, 5.74) is -4.11. The lowest BCUT2D eigenvalue weighted by Gasteiger charge is -2.35. The van der Waals surface area contributed by atoms with Gasteiger partial charge in [0.15, 0.2) is 0 Å². The van der Waals surface area contributed by atoms with Crippen LogP contribution in [-0.4, -0.2) is 87.8 Å². The molecule has 2 aliphatic rings. The third-order valence-corrected chi connectivity index (χ3v) is 8.16. The summed E-state index contributed by atoms with van der Waals surface area (Å²) in [6.07, 6.45) is 0.673. The number of ether oxygens (including phenoxy) is 2. The number of carboxylic acid groups (broad SMARTS) is 1. The van der Waals surface area contributed by atoms with E-state index in [9.17, 15) is 24.3 Å². The molecule has 0 aromatic rings. The standard InChI is InChI=1S/C31H56BN3O9/c1-20(2)17-22(34-25(39)41-27(3,4)5)23(36)33-21-18-31(24(37)38,35(19-21)26(40)42-28(6,7)8)15-13-14-16-32-43-29(9,10)30(11,12)44-32/h20-22H,13-19H2,1-12H3,(H,33,36)(H,34,39)(H,37,38)/t21-,22?,31-/m1/s1. The predicted molar refractivity (Wildman–Crippen MR) is 167 cm³/mol. The summed E-state index contributed by atoms with van der Waals surface area (Å²) in [7, 11) is -0.409. The lowest BCUT2D eigenvalue weighted by molar-refractivity contribution is -0.150. The molecule has 2 heterocycles. The summed E-state index contributed by atoms with van der Waals surface area (Å²) >= 11 is 0. The minimum absolute atomic E-state index is 0.00928. The fourth-order valence-electron chi connectivity index (χ4n) is 5.45. The summed E-state index contributed by atoms with van der Waals surface area (Å²) in [6.45, 7) is 22.1. The molecule has 2 aliphatic heterocycles. The van der Waals surface area contributed by atoms with Gasteiger partial charge in [0.05, 0.1) is 11.2 Å². The maximum atomic E-state index is 13.4. The third-order valence-electron chi connectivity index (χ3n) is 8.16. The average molecular weight is 626 g/mol. The first-order chi connectivity index (χ1) is 19.9. The van der Waals surface area contributed by atoms with Gasteiger partial charge < -0.3 is 34.5 Å². The lowest BCUT2D eigenvalue weighted by atomic mass is 9.80. The van der Waals surface area contributed by atoms with E-state index in [-0.39, 0.29) is 25.3 Å². The first kappa shape index (κ1) is 37.7. The van der Waals surface area contributed by atoms with E-state index in [0.717, 1.165) is 0 Å². The highest BCUT2D eigenvalue weighted by Crippen LogP contribution is 2.40. The van der Waals surface area contributed by atoms with Gasteiger partial charge in [-0.15, -0.1) is 0 Å². The van der Waals surface area contributed by atoms with E-state index in [0.29, 0.717) is 25.6 Å². The second-order valence-electron chi connectivity index (χ2n) is 15.6. The van der Waals surface area contributed by atoms with Crippen LogP contribution in [0.1, 0.15) is 115 Å². The molecule has 0 aromatic carbocycles. The molecule has 0 radical (unpaired) electrons. The van der Waals surface area contributed by atoms with Crippen molar-refractivity contribution < 1.29 is 43.1 Å². The monoisotopic (exact) mass is 625 g/mol. The normalized spacial score (nSPS) is 23.8. The molecule has 44 heavy (non-hydrogen) atoms. The predicted octanol–water partition coefficient (Wildman–Crippen LogP) is 5.14. The van der Waals surface area contributed by atoms with Crippen LogP contribution in [0.5, 0.6) is 0 Å². The largest absolute Gasteiger partial charge is 0.479 e. The Morgan fingerprint density at radius 2 is 1.50 bits per heavy atom. The number of likely N-dealkylation sites (tertiary alicyclic amines) is 1. The van der Waals surface area contributed by atoms with Crippen molar-refractivity contribution >= 4 is 31.2 Å². The van der Waals surface area contributed by atoms with Gasteiger partial charge in [-0.1, -0.05) is 26.7 Å². The fraction of sp³-hybridized carbons (Fsp3) is 0.871. The van der Waals surface area contributed by atoms with E-state index >= 15 is 0 Å². The van der Waals surface area contributed by atoms with Crippen molar-refractivity contribution in [3.63, 3.8) is 0 Å². The zero-order valence-corrected chi connectivity index (χ0v) is 28.9. The van der Waals surface area contributed by atoms with Crippen molar-refractivity contribution in [2.24, 2.45) is 5.92 Å². The molecule has 3 atom stereocenters. The van der Waals surface area contributed by atoms with E-state index in [4.69, 9.17) is 18.8 Å². The summed E-state index contributed by atoms with van der Waals surface area (Å²) < 4.78 is 23.1. The summed E-state index contributed by atoms with van der Waals surface area (Å²) in [5.74, 6) is -1.56. The van der Waals surface area contributed by atoms with Crippen molar-refractivity contribution in [3.05, 3.63) is 0 Å². The van der Waals surface area contributed by atoms with Gasteiger partial charge >= 0.3 is 25.3 Å². The van der Waals surface area contributed by atoms with Crippen LogP contribution < -0.4 is 10.6 Å². The number of hydrogen-bond acceptors (Lipinski definition) is 8. The molecule has 0 bridgehead atoms. The van der Waals surface area contributed by atoms with Gasteiger partial charge in [-0.05, 0) is 94.3 Å². The van der Waals surface area contributed by atoms with Gasteiger partial charge in [0.1, 0.15) is 22.8 Å². The van der Waals surface area contributed by atoms with Gasteiger partial charge in [-0.2, -0.15) is 0 Å². The van der Waals surface area contributed by atoms with Gasteiger partial charge in [-0.25, -0.2) is 14.4 Å². The number of carboxylic acids is 1. The minimum atomic E-state index is -1.59. The van der Waals surface area contributed by atoms with Crippen molar-refractivity contribution in [1.29, 1.82) is 0 Å². The Labute approximate surface area is 263 Å². The van der Waals surface area contributed by atoms with Gasteiger partial charge in [-0.3, -0.25) is 9.69 Å². The number of alkyl carbamates (subject to hydrolysis) is 1. The molecule has 2 rings (SSSR count). The zero-order chi connectivity index (χ0) is 33.9. The molecule has 1 unspecified atom stereocenters. The Morgan fingerprint density at radius 3 is 1.98 bits per heavy atom. The Kier molecular flexibility index (Phi) is 11.8. The maximum absolute atomic E-state index is 13.4. The van der Waals surface area contributed by atoms with E-state index in [1.165, 1.54) is 4.90 Å². The van der Waals surface area contributed by atoms with Crippen LogP contribution >= 0.6 is 0 Å². The molecule has 12 nitrogen and oxygen atoms in total. The molecule has 0 aliphatic carbocycles. The van der Waals surface area contributed by atoms with Crippen LogP contribution in [-0.2, 0) is 28.4 Å². The number of nitrogens with one attached hydrogen (secondary N) is 2. The second-order valence-corrected chi connectivity index (χ2v) is 15.6. The van der Waals surface area contributed by atoms with Crippen molar-refractivity contribution in [2.75, 3.05) is 6.54 Å². The van der Waals surface area contributed by atoms with Gasteiger partial charge in [0.25, 0.3) is 0 Å². The fourth-order valence-corrected chi connectivity index (χ4v) is 5.45. The summed E-state index contributed by atoms with van der Waals surface area (Å²) in [4.78, 5) is 53.5. The van der Waals surface area contributed by atoms with Crippen LogP contribution in [0.2, 0.25) is 6.32 Å². The van der Waals surface area contributed by atoms with Crippen LogP contribution in [0, 0.1) is 5.92 Å². The lowest BCUT2D eigenvalue weighted by Crippen LogP contribution is -2.54. The average Bonchev–Trinajstić information content (AvgIpc) is 3.27. The molecule has 0 saturated carbocycles. The minimum Gasteiger partial charge on any atom is -0.479 e. The van der Waals surface area contributed by atoms with E-state index < -0.39 is 71.2 Å². The third kappa shape index (κ3) is 10.3. The van der Waals surface area contributed by atoms with Crippen molar-refractivity contribution in [3.8, 4) is 0 Å². The first-order valence-corrected chi connectivity index (χ1v) is 15.8. The molecule has 0 spiro atoms. The molecular formula is C31H56BN3O9. The molecule has 0 aromatic heterocycles. The first-order valence-electron chi connectivity index (χ1n) is 15.8. The molecular weight excluding hydrogens is 569 g/mol. The van der Waals surface area contributed by atoms with Crippen LogP contribution in [0.15, 0.2) is 0 Å². The van der Waals surface area contributed by atoms with Crippen molar-refractivity contribution in [1.82, 2.24) is 15.5 Å². The molecule has 13 heteroatoms. The Hall–Kier alpha value is -2.54. The topological polar surface area (TPSA) is 153 Å². The summed E-state index contributed by atoms with van der Waals surface area (Å²) in [5, 5.41) is 16.1. The SMILES string of the molecule is CC(C)CC(NC(=O)OC(C)(C)C)C(=O)N[C@H]1CN(C(=O)OC(C)(C)C)[C@@](CCCCB2OC(C)(C)C(C)(C)O2)(C(=O)O)C1. The zero-order valence-electron chi connectivity index (χ0n) is 28.9. The van der Waals surface area contributed by atoms with E-state index in [1.807, 2.05) is 41.5 Å². The van der Waals surface area contributed by atoms with Crippen LogP contribution in [0.25, 0.3) is 0 Å². The van der Waals surface area contributed by atoms with Gasteiger partial charge in [0, 0.05) is 19.0 Å². The number of nitrogens with zero attached hydrogens (tertiary/aromatic N) is 1. The van der Waals surface area contributed by atoms with Crippen LogP contribution in [0.3, 0.4) is 0 Å². The molecule has 252 valence electrons. The highest BCUT2D eigenvalue weighted by atomic mass is 16.7. The van der Waals surface area contributed by atoms with Gasteiger partial charge in [0.2, 0.25) is 5.91 Å². The Bertz CT molecular complexity index is 1030. The molecule has 3 N–H and O–H groups in total. The number of carbonyl (C=O) groups is 4. The quantitative estimate of drug-likeness (QED) is 0.209. The van der Waals surface area contributed by atoms with Crippen molar-refractivity contribution in [2.45, 2.75) is 162 Å². The second kappa shape index (κ2) is 13.8. The summed E-state index contributed by atoms with van der Waals surface area (Å²) in [6, 6.07) is -1.58.